The zero-order chi connectivity index (χ0) is 21.0. The van der Waals surface area contributed by atoms with Crippen molar-refractivity contribution >= 4 is 28.9 Å². The summed E-state index contributed by atoms with van der Waals surface area (Å²) in [7, 11) is 1.47. The van der Waals surface area contributed by atoms with Gasteiger partial charge in [0.15, 0.2) is 5.57 Å². The molecular weight excluding hydrogens is 382 g/mol. The van der Waals surface area contributed by atoms with E-state index in [0.717, 1.165) is 34.4 Å². The Hall–Kier alpha value is -3.43. The second-order valence-corrected chi connectivity index (χ2v) is 7.59. The molecule has 0 bridgehead atoms. The molecule has 5 nitrogen and oxygen atoms in total. The number of nitriles is 1. The predicted octanol–water partition coefficient (Wildman–Crippen LogP) is 2.02. The first-order chi connectivity index (χ1) is 14.0. The number of thiazole rings is 1. The number of rotatable bonds is 4. The standard InChI is InChI=1S/C23H21N3O2S/c1-4-16-8-6-10-18(12-16)26-22(28)20(13-17-9-5-7-15(2)11-17)29-23(26)19(14-24)21(27)25-3/h5-13H,4H2,1-3H3,(H,25,27)/b20-13+,23-19-. The smallest absolute Gasteiger partial charge is 0.273 e. The summed E-state index contributed by atoms with van der Waals surface area (Å²) >= 11 is 1.15. The van der Waals surface area contributed by atoms with Crippen molar-refractivity contribution < 1.29 is 4.79 Å². The van der Waals surface area contributed by atoms with Crippen LogP contribution in [0.2, 0.25) is 0 Å². The van der Waals surface area contributed by atoms with E-state index in [2.05, 4.69) is 5.32 Å². The summed E-state index contributed by atoms with van der Waals surface area (Å²) in [5, 5.41) is 12.1. The van der Waals surface area contributed by atoms with Crippen molar-refractivity contribution in [2.24, 2.45) is 0 Å². The van der Waals surface area contributed by atoms with Crippen LogP contribution in [0.1, 0.15) is 23.6 Å². The van der Waals surface area contributed by atoms with Crippen LogP contribution < -0.4 is 20.1 Å². The van der Waals surface area contributed by atoms with Crippen LogP contribution in [0.25, 0.3) is 17.3 Å². The first kappa shape index (κ1) is 20.3. The largest absolute Gasteiger partial charge is 0.354 e. The Kier molecular flexibility index (Phi) is 6.10. The maximum absolute atomic E-state index is 13.3. The molecule has 1 N–H and O–H groups in total. The lowest BCUT2D eigenvalue weighted by atomic mass is 10.1. The molecule has 0 saturated carbocycles. The van der Waals surface area contributed by atoms with Crippen molar-refractivity contribution in [2.75, 3.05) is 7.05 Å². The van der Waals surface area contributed by atoms with Crippen molar-refractivity contribution in [3.05, 3.63) is 84.8 Å². The summed E-state index contributed by atoms with van der Waals surface area (Å²) in [6.45, 7) is 4.02. The summed E-state index contributed by atoms with van der Waals surface area (Å²) in [6, 6.07) is 17.3. The Morgan fingerprint density at radius 1 is 1.24 bits per heavy atom. The van der Waals surface area contributed by atoms with Gasteiger partial charge in [0.25, 0.3) is 11.5 Å². The van der Waals surface area contributed by atoms with E-state index in [-0.39, 0.29) is 11.1 Å². The van der Waals surface area contributed by atoms with Crippen molar-refractivity contribution in [2.45, 2.75) is 20.3 Å². The van der Waals surface area contributed by atoms with Crippen LogP contribution >= 0.6 is 11.3 Å². The lowest BCUT2D eigenvalue weighted by Crippen LogP contribution is -2.33. The van der Waals surface area contributed by atoms with E-state index < -0.39 is 5.91 Å². The minimum Gasteiger partial charge on any atom is -0.354 e. The molecule has 1 aromatic heterocycles. The highest BCUT2D eigenvalue weighted by Gasteiger charge is 2.16. The van der Waals surface area contributed by atoms with Crippen LogP contribution in [0, 0.1) is 18.3 Å². The fraction of sp³-hybridized carbons (Fsp3) is 0.174. The van der Waals surface area contributed by atoms with Gasteiger partial charge in [0.05, 0.1) is 10.2 Å². The molecule has 0 aliphatic carbocycles. The van der Waals surface area contributed by atoms with Gasteiger partial charge in [-0.1, -0.05) is 48.9 Å². The SMILES string of the molecule is CCc1cccc(-n2c(=O)/c(=C\c3cccc(C)c3)s/c2=C(/C#N)C(=O)NC)c1. The molecule has 0 saturated heterocycles. The van der Waals surface area contributed by atoms with Crippen molar-refractivity contribution in [1.29, 1.82) is 5.26 Å². The van der Waals surface area contributed by atoms with Gasteiger partial charge in [0.2, 0.25) is 0 Å². The van der Waals surface area contributed by atoms with Crippen LogP contribution in [-0.4, -0.2) is 17.5 Å². The Morgan fingerprint density at radius 2 is 2.00 bits per heavy atom. The average Bonchev–Trinajstić information content (AvgIpc) is 3.04. The molecule has 146 valence electrons. The molecular formula is C23H21N3O2S. The number of aryl methyl sites for hydroxylation is 2. The van der Waals surface area contributed by atoms with Gasteiger partial charge in [-0.25, -0.2) is 0 Å². The van der Waals surface area contributed by atoms with Gasteiger partial charge in [-0.2, -0.15) is 5.26 Å². The number of carbonyl (C=O) groups excluding carboxylic acids is 1. The average molecular weight is 404 g/mol. The highest BCUT2D eigenvalue weighted by atomic mass is 32.1. The van der Waals surface area contributed by atoms with E-state index in [9.17, 15) is 14.9 Å². The number of hydrogen-bond donors (Lipinski definition) is 1. The lowest BCUT2D eigenvalue weighted by molar-refractivity contribution is -0.115. The van der Waals surface area contributed by atoms with E-state index in [0.29, 0.717) is 14.9 Å². The zero-order valence-corrected chi connectivity index (χ0v) is 17.3. The molecule has 3 rings (SSSR count). The molecule has 0 radical (unpaired) electrons. The number of nitrogens with one attached hydrogen (secondary N) is 1. The van der Waals surface area contributed by atoms with Gasteiger partial charge in [-0.15, -0.1) is 11.3 Å². The number of aromatic nitrogens is 1. The molecule has 29 heavy (non-hydrogen) atoms. The maximum Gasteiger partial charge on any atom is 0.273 e. The molecule has 0 aliphatic heterocycles. The molecule has 0 unspecified atom stereocenters. The Morgan fingerprint density at radius 3 is 2.66 bits per heavy atom. The number of carbonyl (C=O) groups is 1. The Labute approximate surface area is 172 Å². The minimum atomic E-state index is -0.517. The number of benzene rings is 2. The lowest BCUT2D eigenvalue weighted by Gasteiger charge is -2.05. The fourth-order valence-electron chi connectivity index (χ4n) is 3.03. The third-order valence-electron chi connectivity index (χ3n) is 4.52. The van der Waals surface area contributed by atoms with Gasteiger partial charge < -0.3 is 5.32 Å². The normalized spacial score (nSPS) is 12.4. The quantitative estimate of drug-likeness (QED) is 0.724. The third-order valence-corrected chi connectivity index (χ3v) is 5.61. The van der Waals surface area contributed by atoms with Gasteiger partial charge in [0.1, 0.15) is 10.7 Å². The van der Waals surface area contributed by atoms with Gasteiger partial charge in [-0.3, -0.25) is 14.2 Å². The second-order valence-electron chi connectivity index (χ2n) is 6.56. The number of nitrogens with zero attached hydrogens (tertiary/aromatic N) is 2. The number of amides is 1. The zero-order valence-electron chi connectivity index (χ0n) is 16.5. The summed E-state index contributed by atoms with van der Waals surface area (Å²) in [5.74, 6) is -0.517. The van der Waals surface area contributed by atoms with E-state index in [1.807, 2.05) is 68.4 Å². The van der Waals surface area contributed by atoms with Crippen molar-refractivity contribution in [1.82, 2.24) is 9.88 Å². The first-order valence-electron chi connectivity index (χ1n) is 9.24. The van der Waals surface area contributed by atoms with E-state index in [4.69, 9.17) is 0 Å². The van der Waals surface area contributed by atoms with E-state index >= 15 is 0 Å². The van der Waals surface area contributed by atoms with Gasteiger partial charge >= 0.3 is 0 Å². The third kappa shape index (κ3) is 4.20. The summed E-state index contributed by atoms with van der Waals surface area (Å²) in [4.78, 5) is 25.6. The molecule has 0 aliphatic rings. The summed E-state index contributed by atoms with van der Waals surface area (Å²) in [5.41, 5.74) is 3.34. The second kappa shape index (κ2) is 8.72. The topological polar surface area (TPSA) is 74.9 Å². The maximum atomic E-state index is 13.3. The van der Waals surface area contributed by atoms with Crippen LogP contribution in [0.5, 0.6) is 0 Å². The summed E-state index contributed by atoms with van der Waals surface area (Å²) in [6.07, 6.45) is 2.61. The van der Waals surface area contributed by atoms with Crippen LogP contribution in [0.4, 0.5) is 0 Å². The molecule has 0 spiro atoms. The van der Waals surface area contributed by atoms with E-state index in [1.54, 1.807) is 6.08 Å². The first-order valence-corrected chi connectivity index (χ1v) is 10.1. The van der Waals surface area contributed by atoms with Gasteiger partial charge in [0, 0.05) is 7.05 Å². The predicted molar refractivity (Wildman–Crippen MR) is 116 cm³/mol. The summed E-state index contributed by atoms with van der Waals surface area (Å²) < 4.78 is 2.24. The highest BCUT2D eigenvalue weighted by molar-refractivity contribution is 7.07. The van der Waals surface area contributed by atoms with Gasteiger partial charge in [-0.05, 0) is 42.7 Å². The molecule has 1 heterocycles. The molecule has 3 aromatic rings. The minimum absolute atomic E-state index is 0.0830. The highest BCUT2D eigenvalue weighted by Crippen LogP contribution is 2.09. The molecule has 1 amide bonds. The number of hydrogen-bond acceptors (Lipinski definition) is 4. The van der Waals surface area contributed by atoms with Crippen molar-refractivity contribution in [3.8, 4) is 11.8 Å². The Bertz CT molecular complexity index is 1290. The molecule has 0 fully saturated rings. The Balaban J connectivity index is 2.42. The molecule has 6 heteroatoms. The monoisotopic (exact) mass is 403 g/mol. The van der Waals surface area contributed by atoms with E-state index in [1.165, 1.54) is 11.6 Å². The van der Waals surface area contributed by atoms with Crippen LogP contribution in [0.3, 0.4) is 0 Å². The van der Waals surface area contributed by atoms with Crippen LogP contribution in [0.15, 0.2) is 53.3 Å². The van der Waals surface area contributed by atoms with Crippen molar-refractivity contribution in [3.63, 3.8) is 0 Å². The van der Waals surface area contributed by atoms with Crippen LogP contribution in [-0.2, 0) is 11.2 Å². The molecule has 0 atom stereocenters. The molecule has 2 aromatic carbocycles. The fourth-order valence-corrected chi connectivity index (χ4v) is 4.13.